The molecule has 1 atom stereocenters. The second-order valence-corrected chi connectivity index (χ2v) is 6.11. The van der Waals surface area contributed by atoms with E-state index in [2.05, 4.69) is 4.74 Å². The maximum Gasteiger partial charge on any atom is 0.322 e. The van der Waals surface area contributed by atoms with E-state index in [0.717, 1.165) is 16.7 Å². The third kappa shape index (κ3) is 5.11. The minimum atomic E-state index is -0.710. The fourth-order valence-electron chi connectivity index (χ4n) is 2.44. The van der Waals surface area contributed by atoms with E-state index in [1.54, 1.807) is 7.11 Å². The van der Waals surface area contributed by atoms with Crippen molar-refractivity contribution in [1.82, 2.24) is 0 Å². The molecule has 0 spiro atoms. The lowest BCUT2D eigenvalue weighted by molar-refractivity contribution is -0.142. The second kappa shape index (κ2) is 8.74. The van der Waals surface area contributed by atoms with Crippen LogP contribution in [0.25, 0.3) is 0 Å². The molecule has 2 rings (SSSR count). The van der Waals surface area contributed by atoms with E-state index in [4.69, 9.17) is 26.8 Å². The lowest BCUT2D eigenvalue weighted by atomic mass is 10.0. The van der Waals surface area contributed by atoms with Crippen LogP contribution in [-0.2, 0) is 22.6 Å². The molecule has 0 fully saturated rings. The van der Waals surface area contributed by atoms with Gasteiger partial charge in [0.05, 0.1) is 19.2 Å². The molecule has 0 aliphatic heterocycles. The van der Waals surface area contributed by atoms with Crippen LogP contribution in [0, 0.1) is 6.92 Å². The van der Waals surface area contributed by atoms with Crippen LogP contribution >= 0.6 is 11.6 Å². The first-order chi connectivity index (χ1) is 11.9. The number of ether oxygens (including phenoxy) is 3. The van der Waals surface area contributed by atoms with E-state index < -0.39 is 12.0 Å². The van der Waals surface area contributed by atoms with E-state index in [-0.39, 0.29) is 6.61 Å². The molecule has 0 aliphatic rings. The van der Waals surface area contributed by atoms with Crippen LogP contribution in [0.3, 0.4) is 0 Å². The van der Waals surface area contributed by atoms with Crippen LogP contribution in [-0.4, -0.2) is 26.2 Å². The molecule has 0 bridgehead atoms. The SMILES string of the molecule is COC(=O)C(N)Cc1ccc(OC)c(COc2ccc(C)cc2Cl)c1. The molecule has 0 saturated heterocycles. The predicted octanol–water partition coefficient (Wildman–Crippen LogP) is 3.28. The Hall–Kier alpha value is -2.24. The van der Waals surface area contributed by atoms with Crippen LogP contribution in [0.4, 0.5) is 0 Å². The van der Waals surface area contributed by atoms with Crippen molar-refractivity contribution in [3.8, 4) is 11.5 Å². The Labute approximate surface area is 152 Å². The van der Waals surface area contributed by atoms with Gasteiger partial charge in [0.25, 0.3) is 0 Å². The predicted molar refractivity (Wildman–Crippen MR) is 97.2 cm³/mol. The number of hydrogen-bond acceptors (Lipinski definition) is 5. The number of aryl methyl sites for hydroxylation is 1. The van der Waals surface area contributed by atoms with E-state index in [1.165, 1.54) is 7.11 Å². The zero-order valence-electron chi connectivity index (χ0n) is 14.5. The van der Waals surface area contributed by atoms with Gasteiger partial charge < -0.3 is 19.9 Å². The van der Waals surface area contributed by atoms with Crippen LogP contribution in [0.5, 0.6) is 11.5 Å². The van der Waals surface area contributed by atoms with E-state index in [1.807, 2.05) is 43.3 Å². The number of esters is 1. The zero-order chi connectivity index (χ0) is 18.4. The fourth-order valence-corrected chi connectivity index (χ4v) is 2.73. The molecule has 0 aromatic heterocycles. The fraction of sp³-hybridized carbons (Fsp3) is 0.316. The zero-order valence-corrected chi connectivity index (χ0v) is 15.3. The third-order valence-electron chi connectivity index (χ3n) is 3.77. The molecule has 1 unspecified atom stereocenters. The van der Waals surface area contributed by atoms with Gasteiger partial charge in [-0.3, -0.25) is 4.79 Å². The highest BCUT2D eigenvalue weighted by molar-refractivity contribution is 6.32. The Morgan fingerprint density at radius 2 is 1.88 bits per heavy atom. The van der Waals surface area contributed by atoms with E-state index >= 15 is 0 Å². The van der Waals surface area contributed by atoms with Gasteiger partial charge >= 0.3 is 5.97 Å². The quantitative estimate of drug-likeness (QED) is 0.764. The summed E-state index contributed by atoms with van der Waals surface area (Å²) in [6, 6.07) is 10.5. The molecule has 0 amide bonds. The van der Waals surface area contributed by atoms with Crippen molar-refractivity contribution in [3.63, 3.8) is 0 Å². The lowest BCUT2D eigenvalue weighted by Crippen LogP contribution is -2.33. The number of carbonyl (C=O) groups is 1. The van der Waals surface area contributed by atoms with Crippen molar-refractivity contribution in [1.29, 1.82) is 0 Å². The maximum absolute atomic E-state index is 11.5. The highest BCUT2D eigenvalue weighted by Gasteiger charge is 2.15. The Balaban J connectivity index is 2.15. The van der Waals surface area contributed by atoms with Crippen molar-refractivity contribution >= 4 is 17.6 Å². The summed E-state index contributed by atoms with van der Waals surface area (Å²) < 4.78 is 15.8. The summed E-state index contributed by atoms with van der Waals surface area (Å²) in [4.78, 5) is 11.5. The van der Waals surface area contributed by atoms with Crippen LogP contribution in [0.2, 0.25) is 5.02 Å². The highest BCUT2D eigenvalue weighted by atomic mass is 35.5. The van der Waals surface area contributed by atoms with Crippen LogP contribution < -0.4 is 15.2 Å². The molecule has 25 heavy (non-hydrogen) atoms. The molecule has 134 valence electrons. The molecule has 0 aliphatic carbocycles. The number of rotatable bonds is 7. The Bertz CT molecular complexity index is 748. The third-order valence-corrected chi connectivity index (χ3v) is 4.07. The normalized spacial score (nSPS) is 11.7. The summed E-state index contributed by atoms with van der Waals surface area (Å²) in [5.41, 5.74) is 8.63. The smallest absolute Gasteiger partial charge is 0.322 e. The molecular formula is C19H22ClNO4. The van der Waals surface area contributed by atoms with Crippen molar-refractivity contribution in [2.24, 2.45) is 5.73 Å². The molecule has 0 radical (unpaired) electrons. The van der Waals surface area contributed by atoms with Crippen molar-refractivity contribution in [2.45, 2.75) is 26.0 Å². The molecule has 5 nitrogen and oxygen atoms in total. The van der Waals surface area contributed by atoms with Crippen LogP contribution in [0.1, 0.15) is 16.7 Å². The summed E-state index contributed by atoms with van der Waals surface area (Å²) in [5, 5.41) is 0.558. The van der Waals surface area contributed by atoms with Crippen LogP contribution in [0.15, 0.2) is 36.4 Å². The highest BCUT2D eigenvalue weighted by Crippen LogP contribution is 2.28. The summed E-state index contributed by atoms with van der Waals surface area (Å²) in [5.74, 6) is 0.852. The van der Waals surface area contributed by atoms with Gasteiger partial charge in [0, 0.05) is 5.56 Å². The van der Waals surface area contributed by atoms with Gasteiger partial charge in [-0.1, -0.05) is 23.7 Å². The van der Waals surface area contributed by atoms with Gasteiger partial charge in [-0.15, -0.1) is 0 Å². The first-order valence-corrected chi connectivity index (χ1v) is 8.20. The molecular weight excluding hydrogens is 342 g/mol. The van der Waals surface area contributed by atoms with Gasteiger partial charge in [0.2, 0.25) is 0 Å². The molecule has 2 N–H and O–H groups in total. The maximum atomic E-state index is 11.5. The van der Waals surface area contributed by atoms with E-state index in [9.17, 15) is 4.79 Å². The van der Waals surface area contributed by atoms with Gasteiger partial charge in [-0.05, 0) is 48.7 Å². The van der Waals surface area contributed by atoms with Gasteiger partial charge in [-0.2, -0.15) is 0 Å². The minimum absolute atomic E-state index is 0.285. The summed E-state index contributed by atoms with van der Waals surface area (Å²) in [6.07, 6.45) is 0.370. The molecule has 2 aromatic carbocycles. The summed E-state index contributed by atoms with van der Waals surface area (Å²) >= 11 is 6.20. The lowest BCUT2D eigenvalue weighted by Gasteiger charge is -2.14. The van der Waals surface area contributed by atoms with Crippen molar-refractivity contribution in [3.05, 3.63) is 58.1 Å². The minimum Gasteiger partial charge on any atom is -0.496 e. The molecule has 2 aromatic rings. The summed E-state index contributed by atoms with van der Waals surface area (Å²) in [7, 11) is 2.92. The van der Waals surface area contributed by atoms with Gasteiger partial charge in [0.15, 0.2) is 0 Å². The van der Waals surface area contributed by atoms with E-state index in [0.29, 0.717) is 22.9 Å². The number of methoxy groups -OCH3 is 2. The number of halogens is 1. The standard InChI is InChI=1S/C19H22ClNO4/c1-12-4-6-18(15(20)8-12)25-11-14-9-13(5-7-17(14)23-2)10-16(21)19(22)24-3/h4-9,16H,10-11,21H2,1-3H3. The van der Waals surface area contributed by atoms with Gasteiger partial charge in [-0.25, -0.2) is 0 Å². The van der Waals surface area contributed by atoms with Crippen molar-refractivity contribution in [2.75, 3.05) is 14.2 Å². The number of carbonyl (C=O) groups excluding carboxylic acids is 1. The molecule has 6 heteroatoms. The Kier molecular flexibility index (Phi) is 6.67. The average Bonchev–Trinajstić information content (AvgIpc) is 2.60. The summed E-state index contributed by atoms with van der Waals surface area (Å²) in [6.45, 7) is 2.25. The molecule has 0 saturated carbocycles. The second-order valence-electron chi connectivity index (χ2n) is 5.70. The Morgan fingerprint density at radius 1 is 1.16 bits per heavy atom. The average molecular weight is 364 g/mol. The van der Waals surface area contributed by atoms with Gasteiger partial charge in [0.1, 0.15) is 24.1 Å². The van der Waals surface area contributed by atoms with Crippen molar-refractivity contribution < 1.29 is 19.0 Å². The number of hydrogen-bond donors (Lipinski definition) is 1. The first-order valence-electron chi connectivity index (χ1n) is 7.82. The topological polar surface area (TPSA) is 70.8 Å². The largest absolute Gasteiger partial charge is 0.496 e. The first kappa shape index (κ1) is 19.1. The Morgan fingerprint density at radius 3 is 2.52 bits per heavy atom. The number of nitrogens with two attached hydrogens (primary N) is 1. The number of benzene rings is 2. The molecule has 0 heterocycles. The monoisotopic (exact) mass is 363 g/mol.